The fourth-order valence-electron chi connectivity index (χ4n) is 1.91. The van der Waals surface area contributed by atoms with Crippen molar-refractivity contribution in [3.05, 3.63) is 16.1 Å². The van der Waals surface area contributed by atoms with Gasteiger partial charge < -0.3 is 5.32 Å². The summed E-state index contributed by atoms with van der Waals surface area (Å²) in [6, 6.07) is 0. The molecule has 2 aromatic heterocycles. The molecule has 1 N–H and O–H groups in total. The minimum Gasteiger partial charge on any atom is -0.362 e. The van der Waals surface area contributed by atoms with E-state index in [-0.39, 0.29) is 0 Å². The summed E-state index contributed by atoms with van der Waals surface area (Å²) in [5, 5.41) is 7.74. The van der Waals surface area contributed by atoms with Crippen molar-refractivity contribution in [2.45, 2.75) is 52.9 Å². The van der Waals surface area contributed by atoms with Crippen LogP contribution in [0.25, 0.3) is 10.6 Å². The number of thiazole rings is 2. The minimum absolute atomic E-state index is 0.487. The summed E-state index contributed by atoms with van der Waals surface area (Å²) in [5.74, 6) is 0.487. The van der Waals surface area contributed by atoms with Crippen molar-refractivity contribution >= 4 is 27.8 Å². The molecule has 0 saturated heterocycles. The molecule has 0 atom stereocenters. The minimum atomic E-state index is 0.487. The number of hydrogen-bond donors (Lipinski definition) is 1. The van der Waals surface area contributed by atoms with E-state index in [0.717, 1.165) is 36.6 Å². The summed E-state index contributed by atoms with van der Waals surface area (Å²) < 4.78 is 0. The Morgan fingerprint density at radius 2 is 2.00 bits per heavy atom. The van der Waals surface area contributed by atoms with Crippen LogP contribution in [0.4, 0.5) is 5.13 Å². The zero-order chi connectivity index (χ0) is 14.5. The lowest BCUT2D eigenvalue weighted by Gasteiger charge is -1.98. The molecule has 0 amide bonds. The Morgan fingerprint density at radius 3 is 2.65 bits per heavy atom. The molecule has 5 heteroatoms. The quantitative estimate of drug-likeness (QED) is 0.767. The van der Waals surface area contributed by atoms with Gasteiger partial charge in [-0.25, -0.2) is 9.97 Å². The van der Waals surface area contributed by atoms with Crippen LogP contribution in [-0.2, 0) is 6.42 Å². The fraction of sp³-hybridized carbons (Fsp3) is 0.600. The number of hydrogen-bond acceptors (Lipinski definition) is 5. The molecular weight excluding hydrogens is 286 g/mol. The van der Waals surface area contributed by atoms with Crippen molar-refractivity contribution in [3.8, 4) is 10.6 Å². The topological polar surface area (TPSA) is 37.8 Å². The number of aryl methyl sites for hydroxylation is 1. The predicted octanol–water partition coefficient (Wildman–Crippen LogP) is 5.16. The average Bonchev–Trinajstić information content (AvgIpc) is 3.03. The zero-order valence-electron chi connectivity index (χ0n) is 12.7. The molecule has 110 valence electrons. The summed E-state index contributed by atoms with van der Waals surface area (Å²) in [5.41, 5.74) is 2.30. The molecule has 2 aromatic rings. The van der Waals surface area contributed by atoms with Crippen LogP contribution in [0.2, 0.25) is 0 Å². The maximum absolute atomic E-state index is 4.81. The van der Waals surface area contributed by atoms with Gasteiger partial charge in [0.05, 0.1) is 21.3 Å². The lowest BCUT2D eigenvalue weighted by molar-refractivity contribution is 0.823. The summed E-state index contributed by atoms with van der Waals surface area (Å²) in [6.07, 6.45) is 3.28. The molecule has 0 aliphatic carbocycles. The molecule has 0 fully saturated rings. The number of aromatic nitrogens is 2. The fourth-order valence-corrected chi connectivity index (χ4v) is 3.79. The van der Waals surface area contributed by atoms with Crippen LogP contribution < -0.4 is 5.32 Å². The van der Waals surface area contributed by atoms with Crippen molar-refractivity contribution < 1.29 is 0 Å². The third kappa shape index (κ3) is 3.58. The van der Waals surface area contributed by atoms with Crippen LogP contribution in [0, 0.1) is 0 Å². The number of nitrogens with zero attached hydrogens (tertiary/aromatic N) is 2. The van der Waals surface area contributed by atoms with Gasteiger partial charge in [0.2, 0.25) is 0 Å². The van der Waals surface area contributed by atoms with Crippen LogP contribution in [0.5, 0.6) is 0 Å². The number of rotatable bonds is 7. The first kappa shape index (κ1) is 15.4. The van der Waals surface area contributed by atoms with E-state index in [9.17, 15) is 0 Å². The van der Waals surface area contributed by atoms with E-state index >= 15 is 0 Å². The first-order valence-corrected chi connectivity index (χ1v) is 9.04. The van der Waals surface area contributed by atoms with Gasteiger partial charge in [-0.2, -0.15) is 0 Å². The van der Waals surface area contributed by atoms with Crippen molar-refractivity contribution in [2.75, 3.05) is 11.9 Å². The molecule has 0 saturated carbocycles. The van der Waals surface area contributed by atoms with Crippen LogP contribution >= 0.6 is 22.7 Å². The van der Waals surface area contributed by atoms with E-state index in [1.54, 1.807) is 22.7 Å². The predicted molar refractivity (Wildman–Crippen MR) is 90.1 cm³/mol. The van der Waals surface area contributed by atoms with Gasteiger partial charge in [-0.05, 0) is 12.8 Å². The zero-order valence-corrected chi connectivity index (χ0v) is 14.3. The molecule has 20 heavy (non-hydrogen) atoms. The Bertz CT molecular complexity index is 543. The van der Waals surface area contributed by atoms with Gasteiger partial charge in [-0.1, -0.05) is 34.1 Å². The SMILES string of the molecule is CCCNc1nc(-c2sc(C(C)C)nc2CCC)cs1. The van der Waals surface area contributed by atoms with Gasteiger partial charge in [0.25, 0.3) is 0 Å². The van der Waals surface area contributed by atoms with Crippen molar-refractivity contribution in [2.24, 2.45) is 0 Å². The first-order chi connectivity index (χ1) is 9.65. The summed E-state index contributed by atoms with van der Waals surface area (Å²) >= 11 is 3.49. The first-order valence-electron chi connectivity index (χ1n) is 7.35. The van der Waals surface area contributed by atoms with Crippen molar-refractivity contribution in [1.82, 2.24) is 9.97 Å². The molecule has 0 aliphatic heterocycles. The standard InChI is InChI=1S/C15H23N3S2/c1-5-7-11-13(20-14(17-11)10(3)4)12-9-19-15(18-12)16-8-6-2/h9-10H,5-8H2,1-4H3,(H,16,18). The van der Waals surface area contributed by atoms with E-state index in [4.69, 9.17) is 9.97 Å². The normalized spacial score (nSPS) is 11.2. The second kappa shape index (κ2) is 7.18. The van der Waals surface area contributed by atoms with Gasteiger partial charge in [0.1, 0.15) is 0 Å². The second-order valence-corrected chi connectivity index (χ2v) is 7.09. The Morgan fingerprint density at radius 1 is 1.20 bits per heavy atom. The highest BCUT2D eigenvalue weighted by Crippen LogP contribution is 2.35. The highest BCUT2D eigenvalue weighted by molar-refractivity contribution is 7.17. The van der Waals surface area contributed by atoms with E-state index in [0.29, 0.717) is 5.92 Å². The molecule has 0 unspecified atom stereocenters. The Kier molecular flexibility index (Phi) is 5.54. The molecule has 0 aromatic carbocycles. The highest BCUT2D eigenvalue weighted by Gasteiger charge is 2.16. The Hall–Kier alpha value is -0.940. The van der Waals surface area contributed by atoms with Gasteiger partial charge in [-0.15, -0.1) is 22.7 Å². The highest BCUT2D eigenvalue weighted by atomic mass is 32.1. The average molecular weight is 310 g/mol. The molecule has 3 nitrogen and oxygen atoms in total. The van der Waals surface area contributed by atoms with Gasteiger partial charge in [0, 0.05) is 17.8 Å². The number of anilines is 1. The monoisotopic (exact) mass is 309 g/mol. The summed E-state index contributed by atoms with van der Waals surface area (Å²) in [4.78, 5) is 10.8. The smallest absolute Gasteiger partial charge is 0.183 e. The largest absolute Gasteiger partial charge is 0.362 e. The van der Waals surface area contributed by atoms with Gasteiger partial charge in [0.15, 0.2) is 5.13 Å². The maximum atomic E-state index is 4.81. The van der Waals surface area contributed by atoms with E-state index < -0.39 is 0 Å². The van der Waals surface area contributed by atoms with Gasteiger partial charge >= 0.3 is 0 Å². The third-order valence-electron chi connectivity index (χ3n) is 2.96. The van der Waals surface area contributed by atoms with Crippen LogP contribution in [-0.4, -0.2) is 16.5 Å². The summed E-state index contributed by atoms with van der Waals surface area (Å²) in [6.45, 7) is 9.75. The molecule has 0 spiro atoms. The maximum Gasteiger partial charge on any atom is 0.183 e. The lowest BCUT2D eigenvalue weighted by Crippen LogP contribution is -1.98. The number of nitrogens with one attached hydrogen (secondary N) is 1. The lowest BCUT2D eigenvalue weighted by atomic mass is 10.2. The molecule has 0 bridgehead atoms. The van der Waals surface area contributed by atoms with Crippen LogP contribution in [0.15, 0.2) is 5.38 Å². The van der Waals surface area contributed by atoms with Gasteiger partial charge in [-0.3, -0.25) is 0 Å². The molecule has 2 rings (SSSR count). The molecule has 0 radical (unpaired) electrons. The third-order valence-corrected chi connectivity index (χ3v) is 5.18. The summed E-state index contributed by atoms with van der Waals surface area (Å²) in [7, 11) is 0. The Balaban J connectivity index is 2.27. The van der Waals surface area contributed by atoms with E-state index in [1.165, 1.54) is 15.6 Å². The van der Waals surface area contributed by atoms with E-state index in [2.05, 4.69) is 38.4 Å². The van der Waals surface area contributed by atoms with Crippen molar-refractivity contribution in [1.29, 1.82) is 0 Å². The van der Waals surface area contributed by atoms with E-state index in [1.807, 2.05) is 0 Å². The van der Waals surface area contributed by atoms with Crippen LogP contribution in [0.1, 0.15) is 57.2 Å². The molecule has 0 aliphatic rings. The van der Waals surface area contributed by atoms with Crippen LogP contribution in [0.3, 0.4) is 0 Å². The van der Waals surface area contributed by atoms with Crippen molar-refractivity contribution in [3.63, 3.8) is 0 Å². The molecular formula is C15H23N3S2. The molecule has 2 heterocycles. The Labute approximate surface area is 129 Å². The second-order valence-electron chi connectivity index (χ2n) is 5.20.